The van der Waals surface area contributed by atoms with Gasteiger partial charge in [0.1, 0.15) is 0 Å². The number of H-pyrrole nitrogens is 1. The summed E-state index contributed by atoms with van der Waals surface area (Å²) in [5.74, 6) is 2.29. The number of imidazole rings is 1. The topological polar surface area (TPSA) is 52.2 Å². The molecule has 0 radical (unpaired) electrons. The third-order valence-corrected chi connectivity index (χ3v) is 4.48. The SMILES string of the molecule is CN(Cc1cnc[nH]1)C1(CO)CCSCC1. The van der Waals surface area contributed by atoms with Crippen molar-refractivity contribution in [3.05, 3.63) is 18.2 Å². The van der Waals surface area contributed by atoms with Crippen LogP contribution in [0.4, 0.5) is 0 Å². The second-order valence-corrected chi connectivity index (χ2v) is 5.65. The van der Waals surface area contributed by atoms with Crippen molar-refractivity contribution in [3.63, 3.8) is 0 Å². The summed E-state index contributed by atoms with van der Waals surface area (Å²) in [6.45, 7) is 1.07. The molecule has 16 heavy (non-hydrogen) atoms. The summed E-state index contributed by atoms with van der Waals surface area (Å²) in [5, 5.41) is 9.66. The molecule has 2 rings (SSSR count). The van der Waals surface area contributed by atoms with Gasteiger partial charge >= 0.3 is 0 Å². The van der Waals surface area contributed by atoms with Gasteiger partial charge in [0.05, 0.1) is 12.9 Å². The number of likely N-dealkylation sites (N-methyl/N-ethyl adjacent to an activating group) is 1. The standard InChI is InChI=1S/C11H19N3OS/c1-14(7-10-6-12-9-13-10)11(8-15)2-4-16-5-3-11/h6,9,15H,2-5,7-8H2,1H3,(H,12,13). The highest BCUT2D eigenvalue weighted by atomic mass is 32.2. The Morgan fingerprint density at radius 3 is 2.88 bits per heavy atom. The van der Waals surface area contributed by atoms with Crippen LogP contribution in [0.25, 0.3) is 0 Å². The Hall–Kier alpha value is -0.520. The molecule has 1 aromatic rings. The van der Waals surface area contributed by atoms with Gasteiger partial charge in [-0.15, -0.1) is 0 Å². The van der Waals surface area contributed by atoms with E-state index in [0.717, 1.165) is 36.6 Å². The predicted octanol–water partition coefficient (Wildman–Crippen LogP) is 1.10. The van der Waals surface area contributed by atoms with Crippen LogP contribution in [0.1, 0.15) is 18.5 Å². The molecule has 0 saturated carbocycles. The zero-order valence-corrected chi connectivity index (χ0v) is 10.5. The number of nitrogens with zero attached hydrogens (tertiary/aromatic N) is 2. The summed E-state index contributed by atoms with van der Waals surface area (Å²) >= 11 is 1.98. The third-order valence-electron chi connectivity index (χ3n) is 3.49. The molecule has 5 heteroatoms. The van der Waals surface area contributed by atoms with Crippen LogP contribution in [0, 0.1) is 0 Å². The van der Waals surface area contributed by atoms with E-state index in [4.69, 9.17) is 0 Å². The Bertz CT molecular complexity index is 309. The molecule has 0 amide bonds. The fraction of sp³-hybridized carbons (Fsp3) is 0.727. The van der Waals surface area contributed by atoms with Crippen molar-refractivity contribution in [3.8, 4) is 0 Å². The van der Waals surface area contributed by atoms with Crippen molar-refractivity contribution >= 4 is 11.8 Å². The van der Waals surface area contributed by atoms with Gasteiger partial charge in [0.15, 0.2) is 0 Å². The lowest BCUT2D eigenvalue weighted by Crippen LogP contribution is -2.51. The quantitative estimate of drug-likeness (QED) is 0.829. The summed E-state index contributed by atoms with van der Waals surface area (Å²) in [7, 11) is 2.09. The Kier molecular flexibility index (Phi) is 3.89. The minimum atomic E-state index is -0.0314. The van der Waals surface area contributed by atoms with E-state index in [9.17, 15) is 5.11 Å². The molecule has 0 aromatic carbocycles. The highest BCUT2D eigenvalue weighted by Crippen LogP contribution is 2.32. The number of hydrogen-bond acceptors (Lipinski definition) is 4. The molecule has 0 unspecified atom stereocenters. The van der Waals surface area contributed by atoms with Crippen LogP contribution >= 0.6 is 11.8 Å². The first-order chi connectivity index (χ1) is 7.77. The van der Waals surface area contributed by atoms with Gasteiger partial charge in [-0.25, -0.2) is 4.98 Å². The first-order valence-corrected chi connectivity index (χ1v) is 6.79. The summed E-state index contributed by atoms with van der Waals surface area (Å²) in [4.78, 5) is 9.39. The number of nitrogens with one attached hydrogen (secondary N) is 1. The molecule has 1 fully saturated rings. The molecule has 1 aliphatic heterocycles. The lowest BCUT2D eigenvalue weighted by Gasteiger charge is -2.43. The fourth-order valence-electron chi connectivity index (χ4n) is 2.21. The summed E-state index contributed by atoms with van der Waals surface area (Å²) < 4.78 is 0. The molecule has 2 N–H and O–H groups in total. The van der Waals surface area contributed by atoms with E-state index in [1.54, 1.807) is 6.33 Å². The largest absolute Gasteiger partial charge is 0.394 e. The van der Waals surface area contributed by atoms with E-state index in [1.165, 1.54) is 0 Å². The fourth-order valence-corrected chi connectivity index (χ4v) is 3.46. The molecule has 0 bridgehead atoms. The lowest BCUT2D eigenvalue weighted by atomic mass is 9.91. The average Bonchev–Trinajstić information content (AvgIpc) is 2.82. The van der Waals surface area contributed by atoms with Gasteiger partial charge in [-0.2, -0.15) is 11.8 Å². The van der Waals surface area contributed by atoms with E-state index in [-0.39, 0.29) is 12.1 Å². The van der Waals surface area contributed by atoms with Crippen molar-refractivity contribution in [2.45, 2.75) is 24.9 Å². The molecule has 0 spiro atoms. The molecule has 1 aromatic heterocycles. The van der Waals surface area contributed by atoms with Crippen LogP contribution in [0.5, 0.6) is 0 Å². The minimum absolute atomic E-state index is 0.0314. The first-order valence-electron chi connectivity index (χ1n) is 5.64. The van der Waals surface area contributed by atoms with Gasteiger partial charge in [0.25, 0.3) is 0 Å². The predicted molar refractivity (Wildman–Crippen MR) is 66.4 cm³/mol. The van der Waals surface area contributed by atoms with Crippen molar-refractivity contribution in [1.29, 1.82) is 0 Å². The van der Waals surface area contributed by atoms with Crippen molar-refractivity contribution in [2.75, 3.05) is 25.2 Å². The minimum Gasteiger partial charge on any atom is -0.394 e. The Morgan fingerprint density at radius 1 is 1.56 bits per heavy atom. The Labute approximate surface area is 100 Å². The van der Waals surface area contributed by atoms with Crippen LogP contribution in [0.2, 0.25) is 0 Å². The first kappa shape index (κ1) is 12.0. The number of rotatable bonds is 4. The van der Waals surface area contributed by atoms with Gasteiger partial charge in [0, 0.05) is 24.0 Å². The van der Waals surface area contributed by atoms with Crippen LogP contribution in [0.15, 0.2) is 12.5 Å². The third kappa shape index (κ3) is 2.42. The lowest BCUT2D eigenvalue weighted by molar-refractivity contribution is 0.0354. The van der Waals surface area contributed by atoms with Gasteiger partial charge in [-0.05, 0) is 31.4 Å². The summed E-state index contributed by atoms with van der Waals surface area (Å²) in [6.07, 6.45) is 5.68. The molecule has 0 aliphatic carbocycles. The molecule has 4 nitrogen and oxygen atoms in total. The second-order valence-electron chi connectivity index (χ2n) is 4.43. The van der Waals surface area contributed by atoms with E-state index >= 15 is 0 Å². The maximum atomic E-state index is 9.66. The highest BCUT2D eigenvalue weighted by Gasteiger charge is 2.35. The van der Waals surface area contributed by atoms with Crippen LogP contribution in [0.3, 0.4) is 0 Å². The number of aliphatic hydroxyl groups is 1. The smallest absolute Gasteiger partial charge is 0.0922 e. The van der Waals surface area contributed by atoms with Crippen molar-refractivity contribution < 1.29 is 5.11 Å². The highest BCUT2D eigenvalue weighted by molar-refractivity contribution is 7.99. The number of aromatic nitrogens is 2. The zero-order valence-electron chi connectivity index (χ0n) is 9.65. The molecular formula is C11H19N3OS. The van der Waals surface area contributed by atoms with Crippen LogP contribution < -0.4 is 0 Å². The maximum Gasteiger partial charge on any atom is 0.0922 e. The Morgan fingerprint density at radius 2 is 2.31 bits per heavy atom. The van der Waals surface area contributed by atoms with Crippen molar-refractivity contribution in [1.82, 2.24) is 14.9 Å². The average molecular weight is 241 g/mol. The summed E-state index contributed by atoms with van der Waals surface area (Å²) in [5.41, 5.74) is 1.07. The zero-order chi connectivity index (χ0) is 11.4. The normalized spacial score (nSPS) is 20.2. The van der Waals surface area contributed by atoms with Crippen LogP contribution in [-0.4, -0.2) is 50.7 Å². The molecule has 0 atom stereocenters. The number of aliphatic hydroxyl groups excluding tert-OH is 1. The van der Waals surface area contributed by atoms with Gasteiger partial charge in [-0.1, -0.05) is 0 Å². The van der Waals surface area contributed by atoms with Gasteiger partial charge < -0.3 is 10.1 Å². The van der Waals surface area contributed by atoms with Crippen molar-refractivity contribution in [2.24, 2.45) is 0 Å². The van der Waals surface area contributed by atoms with Gasteiger partial charge in [0.2, 0.25) is 0 Å². The van der Waals surface area contributed by atoms with Crippen LogP contribution in [-0.2, 0) is 6.54 Å². The molecule has 2 heterocycles. The van der Waals surface area contributed by atoms with E-state index < -0.39 is 0 Å². The number of thioether (sulfide) groups is 1. The Balaban J connectivity index is 2.02. The van der Waals surface area contributed by atoms with E-state index in [1.807, 2.05) is 18.0 Å². The monoisotopic (exact) mass is 241 g/mol. The maximum absolute atomic E-state index is 9.66. The summed E-state index contributed by atoms with van der Waals surface area (Å²) in [6, 6.07) is 0. The molecule has 1 aliphatic rings. The molecular weight excluding hydrogens is 222 g/mol. The van der Waals surface area contributed by atoms with E-state index in [2.05, 4.69) is 21.9 Å². The van der Waals surface area contributed by atoms with Gasteiger partial charge in [-0.3, -0.25) is 4.90 Å². The second kappa shape index (κ2) is 5.21. The molecule has 1 saturated heterocycles. The molecule has 90 valence electrons. The number of aromatic amines is 1. The number of hydrogen-bond donors (Lipinski definition) is 2. The van der Waals surface area contributed by atoms with E-state index in [0.29, 0.717) is 0 Å².